The van der Waals surface area contributed by atoms with Crippen LogP contribution in [0, 0.1) is 11.3 Å². The summed E-state index contributed by atoms with van der Waals surface area (Å²) in [5.41, 5.74) is 6.25. The predicted molar refractivity (Wildman–Crippen MR) is 65.2 cm³/mol. The van der Waals surface area contributed by atoms with E-state index in [1.807, 2.05) is 0 Å². The van der Waals surface area contributed by atoms with Crippen molar-refractivity contribution in [3.8, 4) is 0 Å². The van der Waals surface area contributed by atoms with Crippen LogP contribution in [0.3, 0.4) is 0 Å². The molecule has 2 fully saturated rings. The molecule has 0 amide bonds. The molecule has 1 saturated carbocycles. The van der Waals surface area contributed by atoms with E-state index in [0.717, 1.165) is 24.9 Å². The highest BCUT2D eigenvalue weighted by Gasteiger charge is 2.40. The van der Waals surface area contributed by atoms with Crippen molar-refractivity contribution in [1.29, 1.82) is 0 Å². The lowest BCUT2D eigenvalue weighted by molar-refractivity contribution is 0.159. The van der Waals surface area contributed by atoms with Crippen molar-refractivity contribution in [3.63, 3.8) is 0 Å². The molecular formula is C12H23ClN2. The summed E-state index contributed by atoms with van der Waals surface area (Å²) in [5, 5.41) is 0. The van der Waals surface area contributed by atoms with Crippen LogP contribution in [0.4, 0.5) is 0 Å². The van der Waals surface area contributed by atoms with Crippen LogP contribution < -0.4 is 5.73 Å². The molecule has 0 aromatic rings. The average Bonchev–Trinajstić information content (AvgIpc) is 2.64. The topological polar surface area (TPSA) is 29.3 Å². The van der Waals surface area contributed by atoms with E-state index in [0.29, 0.717) is 5.41 Å². The van der Waals surface area contributed by atoms with Gasteiger partial charge in [0.2, 0.25) is 0 Å². The van der Waals surface area contributed by atoms with E-state index in [9.17, 15) is 0 Å². The zero-order valence-corrected chi connectivity index (χ0v) is 10.3. The smallest absolute Gasteiger partial charge is 0.0251 e. The molecule has 1 heterocycles. The van der Waals surface area contributed by atoms with Gasteiger partial charge in [-0.05, 0) is 50.0 Å². The lowest BCUT2D eigenvalue weighted by atomic mass is 9.70. The standard InChI is InChI=1S/C12H23ClN2/c13-9-11-1-3-12(4-2-11)5-7-15(10-12)8-6-14/h11H,1-10,14H2. The summed E-state index contributed by atoms with van der Waals surface area (Å²) in [6.07, 6.45) is 6.87. The van der Waals surface area contributed by atoms with Gasteiger partial charge >= 0.3 is 0 Å². The minimum absolute atomic E-state index is 0.637. The second-order valence-corrected chi connectivity index (χ2v) is 5.72. The molecule has 15 heavy (non-hydrogen) atoms. The van der Waals surface area contributed by atoms with Crippen molar-refractivity contribution >= 4 is 11.6 Å². The van der Waals surface area contributed by atoms with Gasteiger partial charge in [0.15, 0.2) is 0 Å². The first-order chi connectivity index (χ1) is 7.28. The van der Waals surface area contributed by atoms with Crippen LogP contribution in [0.5, 0.6) is 0 Å². The summed E-state index contributed by atoms with van der Waals surface area (Å²) in [5.74, 6) is 1.66. The summed E-state index contributed by atoms with van der Waals surface area (Å²) >= 11 is 5.93. The normalized spacial score (nSPS) is 37.6. The Kier molecular flexibility index (Phi) is 3.92. The minimum Gasteiger partial charge on any atom is -0.329 e. The Hall–Kier alpha value is 0.210. The van der Waals surface area contributed by atoms with Gasteiger partial charge in [0.05, 0.1) is 0 Å². The maximum Gasteiger partial charge on any atom is 0.0251 e. The lowest BCUT2D eigenvalue weighted by Gasteiger charge is -2.36. The SMILES string of the molecule is NCCN1CCC2(CCC(CCl)CC2)C1. The summed E-state index contributed by atoms with van der Waals surface area (Å²) < 4.78 is 0. The van der Waals surface area contributed by atoms with Crippen LogP contribution in [0.25, 0.3) is 0 Å². The lowest BCUT2D eigenvalue weighted by Crippen LogP contribution is -2.33. The zero-order chi connectivity index (χ0) is 10.7. The van der Waals surface area contributed by atoms with Crippen molar-refractivity contribution in [2.75, 3.05) is 32.1 Å². The quantitative estimate of drug-likeness (QED) is 0.753. The highest BCUT2D eigenvalue weighted by molar-refractivity contribution is 6.18. The number of rotatable bonds is 3. The molecule has 0 atom stereocenters. The van der Waals surface area contributed by atoms with Gasteiger partial charge in [-0.2, -0.15) is 0 Å². The van der Waals surface area contributed by atoms with Crippen LogP contribution in [0.1, 0.15) is 32.1 Å². The van der Waals surface area contributed by atoms with Gasteiger partial charge in [0.25, 0.3) is 0 Å². The first-order valence-corrected chi connectivity index (χ1v) is 6.80. The Bertz CT molecular complexity index is 200. The summed E-state index contributed by atoms with van der Waals surface area (Å²) in [6, 6.07) is 0. The van der Waals surface area contributed by atoms with Gasteiger partial charge < -0.3 is 10.6 Å². The van der Waals surface area contributed by atoms with Gasteiger partial charge in [-0.15, -0.1) is 11.6 Å². The van der Waals surface area contributed by atoms with Crippen LogP contribution in [0.2, 0.25) is 0 Å². The van der Waals surface area contributed by atoms with Gasteiger partial charge in [0, 0.05) is 25.5 Å². The molecule has 1 saturated heterocycles. The third kappa shape index (κ3) is 2.66. The Morgan fingerprint density at radius 1 is 1.27 bits per heavy atom. The van der Waals surface area contributed by atoms with Crippen LogP contribution in [-0.4, -0.2) is 37.0 Å². The van der Waals surface area contributed by atoms with Gasteiger partial charge in [-0.1, -0.05) is 0 Å². The van der Waals surface area contributed by atoms with E-state index >= 15 is 0 Å². The Morgan fingerprint density at radius 3 is 2.60 bits per heavy atom. The van der Waals surface area contributed by atoms with Crippen molar-refractivity contribution in [1.82, 2.24) is 4.90 Å². The number of halogens is 1. The van der Waals surface area contributed by atoms with Crippen molar-refractivity contribution < 1.29 is 0 Å². The number of hydrogen-bond acceptors (Lipinski definition) is 2. The van der Waals surface area contributed by atoms with E-state index in [2.05, 4.69) is 4.90 Å². The molecule has 1 aliphatic heterocycles. The van der Waals surface area contributed by atoms with E-state index in [1.54, 1.807) is 0 Å². The number of alkyl halides is 1. The van der Waals surface area contributed by atoms with E-state index < -0.39 is 0 Å². The molecule has 0 radical (unpaired) electrons. The minimum atomic E-state index is 0.637. The monoisotopic (exact) mass is 230 g/mol. The molecule has 1 spiro atoms. The Balaban J connectivity index is 1.83. The van der Waals surface area contributed by atoms with Gasteiger partial charge in [-0.3, -0.25) is 0 Å². The molecule has 2 N–H and O–H groups in total. The number of likely N-dealkylation sites (tertiary alicyclic amines) is 1. The fraction of sp³-hybridized carbons (Fsp3) is 1.00. The van der Waals surface area contributed by atoms with Crippen molar-refractivity contribution in [2.24, 2.45) is 17.1 Å². The van der Waals surface area contributed by atoms with Crippen LogP contribution in [0.15, 0.2) is 0 Å². The fourth-order valence-electron chi connectivity index (χ4n) is 3.25. The number of nitrogens with zero attached hydrogens (tertiary/aromatic N) is 1. The summed E-state index contributed by atoms with van der Waals surface area (Å²) in [7, 11) is 0. The maximum absolute atomic E-state index is 5.93. The Labute approximate surface area is 98.1 Å². The fourth-order valence-corrected chi connectivity index (χ4v) is 3.56. The van der Waals surface area contributed by atoms with Crippen LogP contribution >= 0.6 is 11.6 Å². The molecule has 2 nitrogen and oxygen atoms in total. The van der Waals surface area contributed by atoms with Crippen molar-refractivity contribution in [2.45, 2.75) is 32.1 Å². The van der Waals surface area contributed by atoms with E-state index in [1.165, 1.54) is 45.2 Å². The zero-order valence-electron chi connectivity index (χ0n) is 9.55. The van der Waals surface area contributed by atoms with Gasteiger partial charge in [-0.25, -0.2) is 0 Å². The maximum atomic E-state index is 5.93. The predicted octanol–water partition coefficient (Wildman–Crippen LogP) is 2.07. The molecule has 0 aromatic heterocycles. The summed E-state index contributed by atoms with van der Waals surface area (Å²) in [6.45, 7) is 4.45. The molecule has 88 valence electrons. The summed E-state index contributed by atoms with van der Waals surface area (Å²) in [4.78, 5) is 2.54. The third-order valence-electron chi connectivity index (χ3n) is 4.35. The van der Waals surface area contributed by atoms with Crippen molar-refractivity contribution in [3.05, 3.63) is 0 Å². The number of hydrogen-bond donors (Lipinski definition) is 1. The molecule has 3 heteroatoms. The largest absolute Gasteiger partial charge is 0.329 e. The first-order valence-electron chi connectivity index (χ1n) is 6.26. The van der Waals surface area contributed by atoms with Gasteiger partial charge in [0.1, 0.15) is 0 Å². The third-order valence-corrected chi connectivity index (χ3v) is 4.78. The molecular weight excluding hydrogens is 208 g/mol. The molecule has 2 aliphatic rings. The average molecular weight is 231 g/mol. The highest BCUT2D eigenvalue weighted by atomic mass is 35.5. The molecule has 0 unspecified atom stereocenters. The molecule has 0 aromatic carbocycles. The molecule has 1 aliphatic carbocycles. The Morgan fingerprint density at radius 2 is 2.00 bits per heavy atom. The van der Waals surface area contributed by atoms with Crippen LogP contribution in [-0.2, 0) is 0 Å². The van der Waals surface area contributed by atoms with E-state index in [-0.39, 0.29) is 0 Å². The first kappa shape index (κ1) is 11.7. The highest BCUT2D eigenvalue weighted by Crippen LogP contribution is 2.45. The second kappa shape index (κ2) is 5.03. The second-order valence-electron chi connectivity index (χ2n) is 5.41. The molecule has 0 bridgehead atoms. The number of nitrogens with two attached hydrogens (primary N) is 1. The molecule has 2 rings (SSSR count). The van der Waals surface area contributed by atoms with E-state index in [4.69, 9.17) is 17.3 Å².